The molecular formula is C21H18N10O2. The van der Waals surface area contributed by atoms with Crippen molar-refractivity contribution in [2.45, 2.75) is 12.5 Å². The normalized spacial score (nSPS) is 17.9. The number of aromatic nitrogens is 4. The molecule has 12 nitrogen and oxygen atoms in total. The van der Waals surface area contributed by atoms with Gasteiger partial charge < -0.3 is 15.1 Å². The lowest BCUT2D eigenvalue weighted by Crippen LogP contribution is -2.46. The molecule has 0 saturated carbocycles. The second-order valence-corrected chi connectivity index (χ2v) is 8.05. The van der Waals surface area contributed by atoms with Gasteiger partial charge in [-0.15, -0.1) is 10.2 Å². The lowest BCUT2D eigenvalue weighted by atomic mass is 10.0. The molecular weight excluding hydrogens is 424 g/mol. The molecule has 2 aromatic heterocycles. The third kappa shape index (κ3) is 3.78. The summed E-state index contributed by atoms with van der Waals surface area (Å²) in [6.45, 7) is 2.41. The zero-order valence-electron chi connectivity index (χ0n) is 17.4. The summed E-state index contributed by atoms with van der Waals surface area (Å²) in [4.78, 5) is 23.3. The second-order valence-electron chi connectivity index (χ2n) is 8.05. The van der Waals surface area contributed by atoms with Gasteiger partial charge >= 0.3 is 0 Å². The Morgan fingerprint density at radius 2 is 1.79 bits per heavy atom. The summed E-state index contributed by atoms with van der Waals surface area (Å²) >= 11 is 0. The van der Waals surface area contributed by atoms with E-state index in [0.717, 1.165) is 11.8 Å². The van der Waals surface area contributed by atoms with Crippen LogP contribution in [-0.4, -0.2) is 57.3 Å². The van der Waals surface area contributed by atoms with Crippen molar-refractivity contribution in [1.82, 2.24) is 20.2 Å². The highest BCUT2D eigenvalue weighted by atomic mass is 16.6. The number of benzene rings is 1. The van der Waals surface area contributed by atoms with Crippen molar-refractivity contribution in [3.8, 4) is 12.1 Å². The van der Waals surface area contributed by atoms with E-state index in [0.29, 0.717) is 54.7 Å². The molecule has 1 aromatic carbocycles. The van der Waals surface area contributed by atoms with Crippen molar-refractivity contribution in [3.63, 3.8) is 0 Å². The topological polar surface area (TPSA) is 161 Å². The van der Waals surface area contributed by atoms with Crippen molar-refractivity contribution in [2.75, 3.05) is 41.3 Å². The van der Waals surface area contributed by atoms with Gasteiger partial charge in [-0.2, -0.15) is 10.5 Å². The third-order valence-electron chi connectivity index (χ3n) is 5.90. The predicted molar refractivity (Wildman–Crippen MR) is 118 cm³/mol. The molecule has 2 aliphatic heterocycles. The minimum Gasteiger partial charge on any atom is -0.352 e. The van der Waals surface area contributed by atoms with E-state index in [4.69, 9.17) is 10.5 Å². The highest BCUT2D eigenvalue weighted by molar-refractivity contribution is 6.00. The van der Waals surface area contributed by atoms with Crippen LogP contribution in [0, 0.1) is 38.7 Å². The zero-order chi connectivity index (χ0) is 22.9. The number of rotatable bonds is 5. The molecule has 1 N–H and O–H groups in total. The fourth-order valence-corrected chi connectivity index (χ4v) is 4.14. The summed E-state index contributed by atoms with van der Waals surface area (Å²) in [6, 6.07) is 9.00. The first kappa shape index (κ1) is 20.3. The van der Waals surface area contributed by atoms with Gasteiger partial charge in [-0.3, -0.25) is 10.1 Å². The number of hydrogen-bond donors (Lipinski definition) is 1. The third-order valence-corrected chi connectivity index (χ3v) is 5.90. The van der Waals surface area contributed by atoms with Gasteiger partial charge in [0, 0.05) is 55.1 Å². The molecule has 3 aromatic rings. The van der Waals surface area contributed by atoms with Crippen molar-refractivity contribution in [3.05, 3.63) is 46.3 Å². The van der Waals surface area contributed by atoms with Crippen LogP contribution in [0.3, 0.4) is 0 Å². The first-order valence-electron chi connectivity index (χ1n) is 10.4. The smallest absolute Gasteiger partial charge is 0.270 e. The fraction of sp³-hybridized carbons (Fsp3) is 0.333. The van der Waals surface area contributed by atoms with Crippen LogP contribution in [0.25, 0.3) is 10.8 Å². The van der Waals surface area contributed by atoms with E-state index >= 15 is 0 Å². The molecule has 2 saturated heterocycles. The quantitative estimate of drug-likeness (QED) is 0.453. The average Bonchev–Trinajstić information content (AvgIpc) is 3.26. The molecule has 5 rings (SSSR count). The van der Waals surface area contributed by atoms with Crippen LogP contribution in [0.15, 0.2) is 30.6 Å². The summed E-state index contributed by atoms with van der Waals surface area (Å²) < 4.78 is 0. The number of fused-ring (bicyclic) bond motifs is 1. The summed E-state index contributed by atoms with van der Waals surface area (Å²) in [5.74, 6) is 1.59. The monoisotopic (exact) mass is 442 g/mol. The van der Waals surface area contributed by atoms with Crippen molar-refractivity contribution in [1.29, 1.82) is 10.5 Å². The van der Waals surface area contributed by atoms with Crippen LogP contribution in [0.2, 0.25) is 0 Å². The van der Waals surface area contributed by atoms with Gasteiger partial charge in [-0.25, -0.2) is 9.97 Å². The molecule has 1 atom stereocenters. The summed E-state index contributed by atoms with van der Waals surface area (Å²) in [5, 5.41) is 42.9. The molecule has 0 radical (unpaired) electrons. The molecule has 4 heterocycles. The molecule has 33 heavy (non-hydrogen) atoms. The Balaban J connectivity index is 1.41. The van der Waals surface area contributed by atoms with E-state index in [2.05, 4.69) is 36.5 Å². The second kappa shape index (κ2) is 8.16. The highest BCUT2D eigenvalue weighted by Gasteiger charge is 2.32. The van der Waals surface area contributed by atoms with E-state index in [1.165, 1.54) is 24.5 Å². The van der Waals surface area contributed by atoms with Gasteiger partial charge in [-0.05, 0) is 12.5 Å². The van der Waals surface area contributed by atoms with E-state index in [1.54, 1.807) is 6.07 Å². The molecule has 2 fully saturated rings. The number of nitro groups is 1. The Morgan fingerprint density at radius 3 is 2.45 bits per heavy atom. The standard InChI is InChI=1S/C21H18N10O2/c22-6-13-8-24-21(25-9-13)26-15-3-4-29(12-15)19-17-2-1-16(31(32)33)5-18(17)20(28-27-19)30-10-14(7-23)11-30/h1-2,5,8-9,14-15H,3-4,10-12H2,(H,24,25,26)/t15-/m1/s1. The van der Waals surface area contributed by atoms with Crippen LogP contribution in [0.1, 0.15) is 12.0 Å². The molecule has 2 aliphatic rings. The first-order chi connectivity index (χ1) is 16.1. The van der Waals surface area contributed by atoms with E-state index in [-0.39, 0.29) is 17.6 Å². The minimum atomic E-state index is -0.426. The maximum absolute atomic E-state index is 11.4. The Kier molecular flexibility index (Phi) is 5.03. The number of nitro benzene ring substituents is 1. The zero-order valence-corrected chi connectivity index (χ0v) is 17.4. The number of nitrogens with zero attached hydrogens (tertiary/aromatic N) is 9. The van der Waals surface area contributed by atoms with Crippen LogP contribution in [0.5, 0.6) is 0 Å². The summed E-state index contributed by atoms with van der Waals surface area (Å²) in [5.41, 5.74) is 0.381. The first-order valence-corrected chi connectivity index (χ1v) is 10.4. The molecule has 164 valence electrons. The molecule has 0 amide bonds. The van der Waals surface area contributed by atoms with E-state index in [1.807, 2.05) is 11.0 Å². The van der Waals surface area contributed by atoms with Crippen LogP contribution in [0.4, 0.5) is 23.3 Å². The number of non-ortho nitro benzene ring substituents is 1. The highest BCUT2D eigenvalue weighted by Crippen LogP contribution is 2.36. The largest absolute Gasteiger partial charge is 0.352 e. The predicted octanol–water partition coefficient (Wildman–Crippen LogP) is 1.85. The van der Waals surface area contributed by atoms with Gasteiger partial charge in [0.15, 0.2) is 11.6 Å². The molecule has 0 aliphatic carbocycles. The number of nitriles is 2. The Morgan fingerprint density at radius 1 is 1.06 bits per heavy atom. The van der Waals surface area contributed by atoms with Gasteiger partial charge in [0.05, 0.1) is 34.9 Å². The Bertz CT molecular complexity index is 1310. The number of hydrogen-bond acceptors (Lipinski definition) is 11. The van der Waals surface area contributed by atoms with Crippen LogP contribution in [-0.2, 0) is 0 Å². The maximum Gasteiger partial charge on any atom is 0.270 e. The minimum absolute atomic E-state index is 0.0148. The number of nitrogens with one attached hydrogen (secondary N) is 1. The summed E-state index contributed by atoms with van der Waals surface area (Å²) in [6.07, 6.45) is 3.76. The molecule has 12 heteroatoms. The van der Waals surface area contributed by atoms with Gasteiger partial charge in [-0.1, -0.05) is 0 Å². The lowest BCUT2D eigenvalue weighted by molar-refractivity contribution is -0.384. The van der Waals surface area contributed by atoms with E-state index in [9.17, 15) is 10.1 Å². The van der Waals surface area contributed by atoms with Crippen LogP contribution < -0.4 is 15.1 Å². The van der Waals surface area contributed by atoms with Gasteiger partial charge in [0.25, 0.3) is 5.69 Å². The van der Waals surface area contributed by atoms with Gasteiger partial charge in [0.1, 0.15) is 6.07 Å². The lowest BCUT2D eigenvalue weighted by Gasteiger charge is -2.36. The van der Waals surface area contributed by atoms with Crippen molar-refractivity contribution >= 4 is 34.0 Å². The molecule has 0 spiro atoms. The van der Waals surface area contributed by atoms with Crippen molar-refractivity contribution in [2.24, 2.45) is 5.92 Å². The number of anilines is 3. The molecule has 0 unspecified atom stereocenters. The van der Waals surface area contributed by atoms with E-state index < -0.39 is 4.92 Å². The maximum atomic E-state index is 11.4. The van der Waals surface area contributed by atoms with Crippen LogP contribution >= 0.6 is 0 Å². The van der Waals surface area contributed by atoms with Crippen molar-refractivity contribution < 1.29 is 4.92 Å². The summed E-state index contributed by atoms with van der Waals surface area (Å²) in [7, 11) is 0. The Hall–Kier alpha value is -4.58. The Labute approximate surface area is 188 Å². The molecule has 0 bridgehead atoms. The van der Waals surface area contributed by atoms with Gasteiger partial charge in [0.2, 0.25) is 5.95 Å². The average molecular weight is 442 g/mol. The fourth-order valence-electron chi connectivity index (χ4n) is 4.14. The SMILES string of the molecule is N#Cc1cnc(N[C@@H]2CCN(c3nnc(N4CC(C#N)C4)c4cc([N+](=O)[O-])ccc34)C2)nc1.